The maximum atomic E-state index is 11.5. The van der Waals surface area contributed by atoms with E-state index in [2.05, 4.69) is 58.0 Å². The Hall–Kier alpha value is -1.46. The van der Waals surface area contributed by atoms with Gasteiger partial charge in [0.2, 0.25) is 0 Å². The summed E-state index contributed by atoms with van der Waals surface area (Å²) < 4.78 is 0. The summed E-state index contributed by atoms with van der Waals surface area (Å²) in [5, 5.41) is 20.9. The van der Waals surface area contributed by atoms with Gasteiger partial charge in [-0.25, -0.2) is 0 Å². The molecule has 2 aromatic carbocycles. The molecule has 1 atom stereocenters. The molecular formula is C21H29N3O. The lowest BCUT2D eigenvalue weighted by atomic mass is 9.75. The number of rotatable bonds is 4. The molecule has 0 saturated carbocycles. The van der Waals surface area contributed by atoms with Gasteiger partial charge in [-0.15, -0.1) is 0 Å². The first-order chi connectivity index (χ1) is 12.2. The molecule has 2 aliphatic rings. The topological polar surface area (TPSA) is 47.5 Å². The second kappa shape index (κ2) is 7.42. The maximum Gasteiger partial charge on any atom is 0.0752 e. The van der Waals surface area contributed by atoms with Gasteiger partial charge >= 0.3 is 0 Å². The molecule has 0 amide bonds. The van der Waals surface area contributed by atoms with Crippen LogP contribution in [-0.4, -0.2) is 61.4 Å². The van der Waals surface area contributed by atoms with Gasteiger partial charge in [0, 0.05) is 38.6 Å². The summed E-state index contributed by atoms with van der Waals surface area (Å²) >= 11 is 0. The van der Waals surface area contributed by atoms with Crippen LogP contribution in [0.2, 0.25) is 0 Å². The summed E-state index contributed by atoms with van der Waals surface area (Å²) in [4.78, 5) is 2.51. The van der Waals surface area contributed by atoms with Crippen LogP contribution in [0.5, 0.6) is 0 Å². The number of piperazine rings is 1. The molecule has 134 valence electrons. The Morgan fingerprint density at radius 2 is 1.60 bits per heavy atom. The lowest BCUT2D eigenvalue weighted by molar-refractivity contribution is -0.0261. The number of fused-ring (bicyclic) bond motifs is 1. The van der Waals surface area contributed by atoms with Gasteiger partial charge in [0.1, 0.15) is 0 Å². The maximum absolute atomic E-state index is 11.5. The Balaban J connectivity index is 1.67. The molecule has 0 spiro atoms. The average molecular weight is 339 g/mol. The van der Waals surface area contributed by atoms with Gasteiger partial charge < -0.3 is 20.6 Å². The van der Waals surface area contributed by atoms with Crippen LogP contribution in [0.1, 0.15) is 24.3 Å². The van der Waals surface area contributed by atoms with Crippen LogP contribution in [-0.2, 0) is 0 Å². The highest BCUT2D eigenvalue weighted by atomic mass is 16.3. The molecule has 2 fully saturated rings. The Morgan fingerprint density at radius 1 is 0.920 bits per heavy atom. The van der Waals surface area contributed by atoms with E-state index >= 15 is 0 Å². The van der Waals surface area contributed by atoms with Crippen molar-refractivity contribution in [1.29, 1.82) is 0 Å². The minimum absolute atomic E-state index is 0.164. The zero-order chi connectivity index (χ0) is 17.1. The Bertz CT molecular complexity index is 705. The standard InChI is InChI=1S/C21H29N3O/c25-21(7-9-22-10-8-21)20(16-24-13-11-23-12-14-24)19-6-5-17-3-1-2-4-18(17)15-19/h1-6,15,20,22-23,25H,7-14,16H2. The van der Waals surface area contributed by atoms with Crippen LogP contribution in [0.4, 0.5) is 0 Å². The normalized spacial score (nSPS) is 22.8. The largest absolute Gasteiger partial charge is 0.389 e. The van der Waals surface area contributed by atoms with E-state index in [1.807, 2.05) is 0 Å². The Labute approximate surface area is 150 Å². The van der Waals surface area contributed by atoms with Crippen molar-refractivity contribution in [2.75, 3.05) is 45.8 Å². The molecule has 0 radical (unpaired) electrons. The van der Waals surface area contributed by atoms with Gasteiger partial charge in [0.15, 0.2) is 0 Å². The van der Waals surface area contributed by atoms with E-state index in [0.29, 0.717) is 0 Å². The van der Waals surface area contributed by atoms with E-state index in [-0.39, 0.29) is 5.92 Å². The van der Waals surface area contributed by atoms with Crippen LogP contribution in [0.15, 0.2) is 42.5 Å². The fourth-order valence-electron chi connectivity index (χ4n) is 4.37. The SMILES string of the molecule is OC1(C(CN2CCNCC2)c2ccc3ccccc3c2)CCNCC1. The summed E-state index contributed by atoms with van der Waals surface area (Å²) in [6.07, 6.45) is 1.66. The summed E-state index contributed by atoms with van der Waals surface area (Å²) in [5.41, 5.74) is 0.667. The first kappa shape index (κ1) is 17.0. The predicted molar refractivity (Wildman–Crippen MR) is 103 cm³/mol. The van der Waals surface area contributed by atoms with Gasteiger partial charge in [-0.2, -0.15) is 0 Å². The van der Waals surface area contributed by atoms with Gasteiger partial charge in [0.25, 0.3) is 0 Å². The van der Waals surface area contributed by atoms with Crippen molar-refractivity contribution in [3.63, 3.8) is 0 Å². The Morgan fingerprint density at radius 3 is 2.36 bits per heavy atom. The third kappa shape index (κ3) is 3.72. The van der Waals surface area contributed by atoms with Crippen molar-refractivity contribution in [3.05, 3.63) is 48.0 Å². The summed E-state index contributed by atoms with van der Waals surface area (Å²) in [6, 6.07) is 15.2. The van der Waals surface area contributed by atoms with Crippen LogP contribution < -0.4 is 10.6 Å². The number of benzene rings is 2. The predicted octanol–water partition coefficient (Wildman–Crippen LogP) is 1.94. The van der Waals surface area contributed by atoms with Crippen molar-refractivity contribution < 1.29 is 5.11 Å². The minimum atomic E-state index is -0.613. The lowest BCUT2D eigenvalue weighted by Crippen LogP contribution is -2.52. The Kier molecular flexibility index (Phi) is 5.04. The molecular weight excluding hydrogens is 310 g/mol. The highest BCUT2D eigenvalue weighted by Crippen LogP contribution is 2.37. The number of hydrogen-bond acceptors (Lipinski definition) is 4. The van der Waals surface area contributed by atoms with Crippen molar-refractivity contribution in [2.24, 2.45) is 0 Å². The van der Waals surface area contributed by atoms with E-state index in [1.165, 1.54) is 16.3 Å². The highest BCUT2D eigenvalue weighted by Gasteiger charge is 2.39. The molecule has 0 aromatic heterocycles. The molecule has 4 nitrogen and oxygen atoms in total. The smallest absolute Gasteiger partial charge is 0.0752 e. The number of piperidine rings is 1. The summed E-state index contributed by atoms with van der Waals surface area (Å²) in [6.45, 7) is 6.98. The number of hydrogen-bond donors (Lipinski definition) is 3. The lowest BCUT2D eigenvalue weighted by Gasteiger charge is -2.42. The first-order valence-corrected chi connectivity index (χ1v) is 9.59. The minimum Gasteiger partial charge on any atom is -0.389 e. The number of nitrogens with one attached hydrogen (secondary N) is 2. The van der Waals surface area contributed by atoms with Crippen LogP contribution in [0.3, 0.4) is 0 Å². The van der Waals surface area contributed by atoms with E-state index in [9.17, 15) is 5.11 Å². The zero-order valence-corrected chi connectivity index (χ0v) is 14.9. The fraction of sp³-hybridized carbons (Fsp3) is 0.524. The molecule has 4 rings (SSSR count). The van der Waals surface area contributed by atoms with Crippen molar-refractivity contribution in [3.8, 4) is 0 Å². The summed E-state index contributed by atoms with van der Waals surface area (Å²) in [7, 11) is 0. The second-order valence-electron chi connectivity index (χ2n) is 7.56. The molecule has 0 bridgehead atoms. The number of nitrogens with zero attached hydrogens (tertiary/aromatic N) is 1. The van der Waals surface area contributed by atoms with E-state index in [1.54, 1.807) is 0 Å². The molecule has 2 heterocycles. The van der Waals surface area contributed by atoms with Crippen LogP contribution in [0.25, 0.3) is 10.8 Å². The molecule has 2 saturated heterocycles. The zero-order valence-electron chi connectivity index (χ0n) is 14.9. The van der Waals surface area contributed by atoms with Crippen molar-refractivity contribution in [2.45, 2.75) is 24.4 Å². The van der Waals surface area contributed by atoms with Crippen LogP contribution in [0, 0.1) is 0 Å². The molecule has 3 N–H and O–H groups in total. The third-order valence-electron chi connectivity index (χ3n) is 5.94. The van der Waals surface area contributed by atoms with E-state index in [0.717, 1.165) is 58.7 Å². The van der Waals surface area contributed by atoms with E-state index < -0.39 is 5.60 Å². The van der Waals surface area contributed by atoms with Crippen molar-refractivity contribution >= 4 is 10.8 Å². The van der Waals surface area contributed by atoms with Crippen molar-refractivity contribution in [1.82, 2.24) is 15.5 Å². The molecule has 0 aliphatic carbocycles. The second-order valence-corrected chi connectivity index (χ2v) is 7.56. The quantitative estimate of drug-likeness (QED) is 0.797. The van der Waals surface area contributed by atoms with Gasteiger partial charge in [-0.3, -0.25) is 0 Å². The molecule has 2 aromatic rings. The molecule has 2 aliphatic heterocycles. The highest BCUT2D eigenvalue weighted by molar-refractivity contribution is 5.83. The van der Waals surface area contributed by atoms with Gasteiger partial charge in [-0.1, -0.05) is 42.5 Å². The molecule has 25 heavy (non-hydrogen) atoms. The van der Waals surface area contributed by atoms with E-state index in [4.69, 9.17) is 0 Å². The van der Waals surface area contributed by atoms with Gasteiger partial charge in [0.05, 0.1) is 5.60 Å². The monoisotopic (exact) mass is 339 g/mol. The number of aliphatic hydroxyl groups is 1. The third-order valence-corrected chi connectivity index (χ3v) is 5.94. The molecule has 4 heteroatoms. The van der Waals surface area contributed by atoms with Gasteiger partial charge in [-0.05, 0) is 42.3 Å². The average Bonchev–Trinajstić information content (AvgIpc) is 2.67. The summed E-state index contributed by atoms with van der Waals surface area (Å²) in [5.74, 6) is 0.164. The first-order valence-electron chi connectivity index (χ1n) is 9.59. The molecule has 1 unspecified atom stereocenters. The van der Waals surface area contributed by atoms with Crippen LogP contribution >= 0.6 is 0 Å². The fourth-order valence-corrected chi connectivity index (χ4v) is 4.37.